The molecule has 3 aliphatic heterocycles. The minimum absolute atomic E-state index is 0.215. The molecule has 0 atom stereocenters. The molecule has 3 aromatic rings. The predicted molar refractivity (Wildman–Crippen MR) is 131 cm³/mol. The smallest absolute Gasteiger partial charge is 0.413 e. The number of ether oxygens (including phenoxy) is 1. The van der Waals surface area contributed by atoms with Crippen LogP contribution in [0.4, 0.5) is 22.0 Å². The number of aromatic nitrogens is 2. The third-order valence-corrected chi connectivity index (χ3v) is 7.18. The van der Waals surface area contributed by atoms with Crippen molar-refractivity contribution in [3.63, 3.8) is 0 Å². The summed E-state index contributed by atoms with van der Waals surface area (Å²) in [6, 6.07) is 13.1. The van der Waals surface area contributed by atoms with Gasteiger partial charge in [-0.1, -0.05) is 17.7 Å². The van der Waals surface area contributed by atoms with Crippen molar-refractivity contribution in [1.82, 2.24) is 9.97 Å². The topological polar surface area (TPSA) is 108 Å². The van der Waals surface area contributed by atoms with Gasteiger partial charge >= 0.3 is 6.09 Å². The van der Waals surface area contributed by atoms with E-state index in [0.29, 0.717) is 44.0 Å². The highest BCUT2D eigenvalue weighted by Crippen LogP contribution is 2.43. The van der Waals surface area contributed by atoms with Gasteiger partial charge in [0.15, 0.2) is 0 Å². The molecular weight excluding hydrogens is 446 g/mol. The first-order valence-electron chi connectivity index (χ1n) is 11.8. The number of nitrogens with one attached hydrogen (secondary N) is 2. The van der Waals surface area contributed by atoms with Crippen LogP contribution in [-0.2, 0) is 16.8 Å². The number of anilines is 3. The number of amides is 2. The van der Waals surface area contributed by atoms with Gasteiger partial charge in [0.25, 0.3) is 11.5 Å². The molecule has 2 N–H and O–H groups in total. The van der Waals surface area contributed by atoms with E-state index < -0.39 is 11.7 Å². The number of aromatic amines is 1. The summed E-state index contributed by atoms with van der Waals surface area (Å²) in [5.41, 5.74) is 3.94. The van der Waals surface area contributed by atoms with Gasteiger partial charge in [-0.15, -0.1) is 0 Å². The number of pyridine rings is 2. The number of rotatable bonds is 2. The Hall–Kier alpha value is -4.14. The fourth-order valence-corrected chi connectivity index (χ4v) is 5.44. The van der Waals surface area contributed by atoms with Crippen LogP contribution >= 0.6 is 0 Å². The molecule has 5 heterocycles. The molecule has 1 spiro atoms. The third kappa shape index (κ3) is 3.63. The highest BCUT2D eigenvalue weighted by Gasteiger charge is 2.45. The molecule has 0 unspecified atom stereocenters. The van der Waals surface area contributed by atoms with Crippen molar-refractivity contribution in [2.24, 2.45) is 0 Å². The van der Waals surface area contributed by atoms with Gasteiger partial charge in [0.1, 0.15) is 17.1 Å². The monoisotopic (exact) mass is 471 g/mol. The second-order valence-electron chi connectivity index (χ2n) is 9.35. The van der Waals surface area contributed by atoms with Crippen LogP contribution in [0.2, 0.25) is 0 Å². The quantitative estimate of drug-likeness (QED) is 0.594. The highest BCUT2D eigenvalue weighted by atomic mass is 16.6. The van der Waals surface area contributed by atoms with E-state index in [-0.39, 0.29) is 17.2 Å². The summed E-state index contributed by atoms with van der Waals surface area (Å²) in [5.74, 6) is 0.314. The lowest BCUT2D eigenvalue weighted by Gasteiger charge is -2.44. The molecule has 0 aliphatic carbocycles. The predicted octanol–water partition coefficient (Wildman–Crippen LogP) is 3.34. The Kier molecular flexibility index (Phi) is 4.87. The van der Waals surface area contributed by atoms with Crippen LogP contribution in [0.5, 0.6) is 0 Å². The van der Waals surface area contributed by atoms with Crippen molar-refractivity contribution in [1.29, 1.82) is 0 Å². The molecule has 3 aliphatic rings. The van der Waals surface area contributed by atoms with E-state index >= 15 is 0 Å². The van der Waals surface area contributed by atoms with Crippen LogP contribution < -0.4 is 20.7 Å². The summed E-state index contributed by atoms with van der Waals surface area (Å²) in [5, 5.41) is 2.67. The number of piperidine rings is 1. The van der Waals surface area contributed by atoms with E-state index in [2.05, 4.69) is 26.3 Å². The van der Waals surface area contributed by atoms with E-state index in [1.54, 1.807) is 17.2 Å². The van der Waals surface area contributed by atoms with Gasteiger partial charge in [0, 0.05) is 61.7 Å². The van der Waals surface area contributed by atoms with Crippen LogP contribution in [0.15, 0.2) is 53.5 Å². The number of hydrogen-bond donors (Lipinski definition) is 2. The average molecular weight is 472 g/mol. The van der Waals surface area contributed by atoms with Gasteiger partial charge < -0.3 is 19.5 Å². The van der Waals surface area contributed by atoms with Crippen LogP contribution in [0.25, 0.3) is 0 Å². The maximum Gasteiger partial charge on any atom is 0.413 e. The number of fused-ring (bicyclic) bond motifs is 3. The number of carbonyl (C=O) groups excluding carboxylic acids is 2. The Bertz CT molecular complexity index is 1410. The van der Waals surface area contributed by atoms with Crippen LogP contribution in [0.3, 0.4) is 0 Å². The van der Waals surface area contributed by atoms with E-state index in [9.17, 15) is 14.4 Å². The van der Waals surface area contributed by atoms with Crippen molar-refractivity contribution < 1.29 is 14.3 Å². The number of aryl methyl sites for hydroxylation is 1. The summed E-state index contributed by atoms with van der Waals surface area (Å²) < 4.78 is 5.77. The van der Waals surface area contributed by atoms with Crippen molar-refractivity contribution in [3.05, 3.63) is 81.4 Å². The second kappa shape index (κ2) is 7.97. The molecule has 35 heavy (non-hydrogen) atoms. The van der Waals surface area contributed by atoms with Crippen molar-refractivity contribution >= 4 is 29.2 Å². The fraction of sp³-hybridized carbons (Fsp3) is 0.308. The Morgan fingerprint density at radius 2 is 1.91 bits per heavy atom. The molecule has 2 amide bonds. The second-order valence-corrected chi connectivity index (χ2v) is 9.35. The van der Waals surface area contributed by atoms with Gasteiger partial charge in [0.2, 0.25) is 0 Å². The molecular formula is C26H25N5O4. The minimum atomic E-state index is -0.750. The van der Waals surface area contributed by atoms with Crippen molar-refractivity contribution in [3.8, 4) is 0 Å². The highest BCUT2D eigenvalue weighted by molar-refractivity contribution is 6.06. The lowest BCUT2D eigenvalue weighted by Crippen LogP contribution is -2.48. The van der Waals surface area contributed by atoms with E-state index in [1.807, 2.05) is 31.2 Å². The molecule has 9 nitrogen and oxygen atoms in total. The maximum atomic E-state index is 13.4. The summed E-state index contributed by atoms with van der Waals surface area (Å²) in [6.45, 7) is 3.74. The zero-order valence-corrected chi connectivity index (χ0v) is 19.3. The van der Waals surface area contributed by atoms with Gasteiger partial charge in [0.05, 0.1) is 0 Å². The van der Waals surface area contributed by atoms with Gasteiger partial charge in [-0.2, -0.15) is 0 Å². The van der Waals surface area contributed by atoms with Gasteiger partial charge in [-0.25, -0.2) is 9.78 Å². The Morgan fingerprint density at radius 3 is 2.74 bits per heavy atom. The van der Waals surface area contributed by atoms with Gasteiger partial charge in [-0.05, 0) is 43.2 Å². The van der Waals surface area contributed by atoms with Gasteiger partial charge in [-0.3, -0.25) is 14.9 Å². The zero-order chi connectivity index (χ0) is 24.2. The maximum absolute atomic E-state index is 13.4. The summed E-state index contributed by atoms with van der Waals surface area (Å²) >= 11 is 0. The minimum Gasteiger partial charge on any atom is -0.437 e. The van der Waals surface area contributed by atoms with Crippen molar-refractivity contribution in [2.45, 2.75) is 31.8 Å². The third-order valence-electron chi connectivity index (χ3n) is 7.18. The molecule has 0 bridgehead atoms. The lowest BCUT2D eigenvalue weighted by atomic mass is 9.83. The normalized spacial score (nSPS) is 18.0. The number of benzene rings is 1. The fourth-order valence-electron chi connectivity index (χ4n) is 5.44. The summed E-state index contributed by atoms with van der Waals surface area (Å²) in [4.78, 5) is 48.9. The SMILES string of the molecule is Cc1ccc2c(c1)CCN2C(=O)c1cc(N2CCC3(CC2)OC(=O)Nc2ncccc23)cc(=O)[nH]1. The molecule has 2 aromatic heterocycles. The largest absolute Gasteiger partial charge is 0.437 e. The molecule has 1 fully saturated rings. The van der Waals surface area contributed by atoms with E-state index in [4.69, 9.17) is 4.74 Å². The first-order valence-corrected chi connectivity index (χ1v) is 11.8. The zero-order valence-electron chi connectivity index (χ0n) is 19.3. The van der Waals surface area contributed by atoms with Crippen molar-refractivity contribution in [2.75, 3.05) is 34.8 Å². The summed E-state index contributed by atoms with van der Waals surface area (Å²) in [6.07, 6.45) is 3.03. The first kappa shape index (κ1) is 21.4. The summed E-state index contributed by atoms with van der Waals surface area (Å²) in [7, 11) is 0. The van der Waals surface area contributed by atoms with Crippen LogP contribution in [0, 0.1) is 6.92 Å². The number of carbonyl (C=O) groups is 2. The molecule has 0 radical (unpaired) electrons. The Balaban J connectivity index is 1.25. The Morgan fingerprint density at radius 1 is 1.09 bits per heavy atom. The molecule has 1 saturated heterocycles. The standard InChI is InChI=1S/C26H25N5O4/c1-16-4-5-21-17(13-16)6-10-31(21)24(33)20-14-18(15-22(32)28-20)30-11-7-26(8-12-30)19-3-2-9-27-23(19)29-25(34)35-26/h2-5,9,13-15H,6-8,10-12H2,1H3,(H,28,32)(H,27,29,34). The number of H-pyrrole nitrogens is 1. The van der Waals surface area contributed by atoms with E-state index in [1.165, 1.54) is 6.07 Å². The molecule has 1 aromatic carbocycles. The Labute approximate surface area is 201 Å². The average Bonchev–Trinajstić information content (AvgIpc) is 3.26. The molecule has 9 heteroatoms. The molecule has 6 rings (SSSR count). The van der Waals surface area contributed by atoms with E-state index in [0.717, 1.165) is 28.8 Å². The lowest BCUT2D eigenvalue weighted by molar-refractivity contribution is -0.00845. The first-order chi connectivity index (χ1) is 16.9. The molecule has 178 valence electrons. The number of nitrogens with zero attached hydrogens (tertiary/aromatic N) is 3. The number of hydrogen-bond acceptors (Lipinski definition) is 6. The van der Waals surface area contributed by atoms with Crippen LogP contribution in [0.1, 0.15) is 40.0 Å². The van der Waals surface area contributed by atoms with Crippen LogP contribution in [-0.4, -0.2) is 41.6 Å². The molecule has 0 saturated carbocycles.